The van der Waals surface area contributed by atoms with Crippen LogP contribution in [0.25, 0.3) is 11.0 Å². The molecule has 0 radical (unpaired) electrons. The van der Waals surface area contributed by atoms with Gasteiger partial charge in [-0.1, -0.05) is 41.4 Å². The number of benzene rings is 2. The Balaban J connectivity index is 2.10. The first-order chi connectivity index (χ1) is 9.66. The van der Waals surface area contributed by atoms with Crippen molar-refractivity contribution in [2.24, 2.45) is 0 Å². The Hall–Kier alpha value is -1.97. The molecule has 0 bridgehead atoms. The molecule has 1 aromatic heterocycles. The lowest BCUT2D eigenvalue weighted by Gasteiger charge is -2.05. The molecule has 3 aromatic rings. The summed E-state index contributed by atoms with van der Waals surface area (Å²) in [5.74, 6) is -0.296. The van der Waals surface area contributed by atoms with Crippen LogP contribution in [-0.4, -0.2) is 15.8 Å². The number of hydrogen-bond acceptors (Lipinski definition) is 3. The maximum absolute atomic E-state index is 12.4. The van der Waals surface area contributed by atoms with Gasteiger partial charge in [-0.15, -0.1) is 0 Å². The number of fused-ring (bicyclic) bond motifs is 1. The minimum absolute atomic E-state index is 0.231. The third-order valence-electron chi connectivity index (χ3n) is 2.88. The van der Waals surface area contributed by atoms with Crippen molar-refractivity contribution in [3.05, 3.63) is 70.0 Å². The van der Waals surface area contributed by atoms with Crippen molar-refractivity contribution in [3.63, 3.8) is 0 Å². The second-order valence-corrected chi connectivity index (χ2v) is 4.96. The van der Waals surface area contributed by atoms with Crippen molar-refractivity contribution < 1.29 is 4.79 Å². The van der Waals surface area contributed by atoms with Crippen molar-refractivity contribution in [2.75, 3.05) is 0 Å². The van der Waals surface area contributed by atoms with Gasteiger partial charge in [-0.2, -0.15) is 0 Å². The molecule has 1 heterocycles. The number of carbonyl (C=O) groups excluding carboxylic acids is 1. The standard InChI is InChI=1S/C15H8Cl2N2O/c16-10-5-3-4-9(14(10)17)15(20)13-8-18-11-6-1-2-7-12(11)19-13/h1-8H. The fourth-order valence-corrected chi connectivity index (χ4v) is 2.27. The summed E-state index contributed by atoms with van der Waals surface area (Å²) in [6.45, 7) is 0. The van der Waals surface area contributed by atoms with E-state index in [1.165, 1.54) is 6.20 Å². The molecule has 0 aliphatic carbocycles. The number of carbonyl (C=O) groups is 1. The number of ketones is 1. The van der Waals surface area contributed by atoms with E-state index in [0.717, 1.165) is 5.52 Å². The van der Waals surface area contributed by atoms with Gasteiger partial charge in [0.2, 0.25) is 5.78 Å². The molecule has 0 saturated carbocycles. The van der Waals surface area contributed by atoms with E-state index in [0.29, 0.717) is 16.1 Å². The van der Waals surface area contributed by atoms with Crippen molar-refractivity contribution in [1.29, 1.82) is 0 Å². The lowest BCUT2D eigenvalue weighted by atomic mass is 10.1. The van der Waals surface area contributed by atoms with E-state index in [2.05, 4.69) is 9.97 Å². The summed E-state index contributed by atoms with van der Waals surface area (Å²) in [6.07, 6.45) is 1.45. The van der Waals surface area contributed by atoms with Gasteiger partial charge in [-0.25, -0.2) is 4.98 Å². The highest BCUT2D eigenvalue weighted by molar-refractivity contribution is 6.44. The summed E-state index contributed by atoms with van der Waals surface area (Å²) in [7, 11) is 0. The zero-order valence-corrected chi connectivity index (χ0v) is 11.7. The molecule has 0 N–H and O–H groups in total. The largest absolute Gasteiger partial charge is 0.287 e. The number of aromatic nitrogens is 2. The van der Waals surface area contributed by atoms with Crippen LogP contribution >= 0.6 is 23.2 Å². The normalized spacial score (nSPS) is 10.7. The van der Waals surface area contributed by atoms with Crippen LogP contribution in [0.15, 0.2) is 48.7 Å². The van der Waals surface area contributed by atoms with Gasteiger partial charge in [0.25, 0.3) is 0 Å². The van der Waals surface area contributed by atoms with Crippen LogP contribution in [0.5, 0.6) is 0 Å². The maximum atomic E-state index is 12.4. The summed E-state index contributed by atoms with van der Waals surface area (Å²) in [6, 6.07) is 12.3. The quantitative estimate of drug-likeness (QED) is 0.667. The number of para-hydroxylation sites is 2. The molecule has 20 heavy (non-hydrogen) atoms. The molecule has 2 aromatic carbocycles. The molecule has 0 fully saturated rings. The van der Waals surface area contributed by atoms with Gasteiger partial charge in [-0.05, 0) is 24.3 Å². The SMILES string of the molecule is O=C(c1cnc2ccccc2n1)c1cccc(Cl)c1Cl. The monoisotopic (exact) mass is 302 g/mol. The van der Waals surface area contributed by atoms with Crippen LogP contribution in [0.3, 0.4) is 0 Å². The summed E-state index contributed by atoms with van der Waals surface area (Å²) in [5.41, 5.74) is 1.97. The van der Waals surface area contributed by atoms with Crippen LogP contribution in [0.4, 0.5) is 0 Å². The van der Waals surface area contributed by atoms with E-state index in [9.17, 15) is 4.79 Å². The molecule has 0 amide bonds. The fraction of sp³-hybridized carbons (Fsp3) is 0. The molecular weight excluding hydrogens is 295 g/mol. The van der Waals surface area contributed by atoms with Gasteiger partial charge in [-0.3, -0.25) is 9.78 Å². The minimum atomic E-state index is -0.296. The molecular formula is C15H8Cl2N2O. The Labute approximate surface area is 125 Å². The predicted octanol–water partition coefficient (Wildman–Crippen LogP) is 4.17. The Morgan fingerprint density at radius 3 is 2.50 bits per heavy atom. The van der Waals surface area contributed by atoms with Crippen molar-refractivity contribution in [1.82, 2.24) is 9.97 Å². The fourth-order valence-electron chi connectivity index (χ4n) is 1.88. The summed E-state index contributed by atoms with van der Waals surface area (Å²) >= 11 is 12.0. The topological polar surface area (TPSA) is 42.9 Å². The molecule has 98 valence electrons. The lowest BCUT2D eigenvalue weighted by molar-refractivity contribution is 0.103. The van der Waals surface area contributed by atoms with Crippen molar-refractivity contribution in [2.45, 2.75) is 0 Å². The van der Waals surface area contributed by atoms with E-state index in [1.54, 1.807) is 24.3 Å². The smallest absolute Gasteiger partial charge is 0.214 e. The third-order valence-corrected chi connectivity index (χ3v) is 3.70. The van der Waals surface area contributed by atoms with E-state index >= 15 is 0 Å². The number of hydrogen-bond donors (Lipinski definition) is 0. The molecule has 0 unspecified atom stereocenters. The van der Waals surface area contributed by atoms with Gasteiger partial charge in [0, 0.05) is 5.56 Å². The highest BCUT2D eigenvalue weighted by Crippen LogP contribution is 2.27. The summed E-state index contributed by atoms with van der Waals surface area (Å²) < 4.78 is 0. The number of halogens is 2. The molecule has 3 nitrogen and oxygen atoms in total. The molecule has 0 aliphatic heterocycles. The Kier molecular flexibility index (Phi) is 3.38. The first-order valence-electron chi connectivity index (χ1n) is 5.87. The average molecular weight is 303 g/mol. The minimum Gasteiger partial charge on any atom is -0.287 e. The maximum Gasteiger partial charge on any atom is 0.214 e. The van der Waals surface area contributed by atoms with E-state index in [1.807, 2.05) is 18.2 Å². The predicted molar refractivity (Wildman–Crippen MR) is 79.4 cm³/mol. The van der Waals surface area contributed by atoms with Gasteiger partial charge < -0.3 is 0 Å². The van der Waals surface area contributed by atoms with Crippen LogP contribution in [0.1, 0.15) is 16.1 Å². The zero-order valence-electron chi connectivity index (χ0n) is 10.2. The third kappa shape index (κ3) is 2.26. The lowest BCUT2D eigenvalue weighted by Crippen LogP contribution is -2.06. The van der Waals surface area contributed by atoms with Crippen LogP contribution in [0.2, 0.25) is 10.0 Å². The molecule has 0 saturated heterocycles. The van der Waals surface area contributed by atoms with Gasteiger partial charge in [0.15, 0.2) is 0 Å². The van der Waals surface area contributed by atoms with Crippen LogP contribution in [0, 0.1) is 0 Å². The first-order valence-corrected chi connectivity index (χ1v) is 6.63. The van der Waals surface area contributed by atoms with Gasteiger partial charge in [0.1, 0.15) is 5.69 Å². The molecule has 0 aliphatic rings. The van der Waals surface area contributed by atoms with Gasteiger partial charge in [0.05, 0.1) is 27.3 Å². The summed E-state index contributed by atoms with van der Waals surface area (Å²) in [5, 5.41) is 0.570. The zero-order chi connectivity index (χ0) is 14.1. The molecule has 3 rings (SSSR count). The molecule has 0 spiro atoms. The van der Waals surface area contributed by atoms with E-state index in [4.69, 9.17) is 23.2 Å². The Morgan fingerprint density at radius 1 is 0.950 bits per heavy atom. The van der Waals surface area contributed by atoms with E-state index in [-0.39, 0.29) is 16.5 Å². The number of rotatable bonds is 2. The molecule has 0 atom stereocenters. The summed E-state index contributed by atoms with van der Waals surface area (Å²) in [4.78, 5) is 20.9. The van der Waals surface area contributed by atoms with E-state index < -0.39 is 0 Å². The van der Waals surface area contributed by atoms with Crippen LogP contribution < -0.4 is 0 Å². The highest BCUT2D eigenvalue weighted by atomic mass is 35.5. The second kappa shape index (κ2) is 5.19. The molecule has 5 heteroatoms. The Bertz CT molecular complexity index is 818. The first kappa shape index (κ1) is 13.0. The van der Waals surface area contributed by atoms with Gasteiger partial charge >= 0.3 is 0 Å². The average Bonchev–Trinajstić information content (AvgIpc) is 2.49. The Morgan fingerprint density at radius 2 is 1.70 bits per heavy atom. The van der Waals surface area contributed by atoms with Crippen molar-refractivity contribution in [3.8, 4) is 0 Å². The van der Waals surface area contributed by atoms with Crippen LogP contribution in [-0.2, 0) is 0 Å². The number of nitrogens with zero attached hydrogens (tertiary/aromatic N) is 2. The second-order valence-electron chi connectivity index (χ2n) is 4.17. The highest BCUT2D eigenvalue weighted by Gasteiger charge is 2.16. The van der Waals surface area contributed by atoms with Crippen molar-refractivity contribution >= 4 is 40.0 Å².